The number of furan rings is 1. The summed E-state index contributed by atoms with van der Waals surface area (Å²) in [6.45, 7) is 3.87. The minimum Gasteiger partial charge on any atom is -0.450 e. The van der Waals surface area contributed by atoms with Crippen molar-refractivity contribution in [3.63, 3.8) is 0 Å². The molecule has 0 atom stereocenters. The van der Waals surface area contributed by atoms with E-state index < -0.39 is 11.8 Å². The van der Waals surface area contributed by atoms with Gasteiger partial charge in [-0.05, 0) is 79.8 Å². The van der Waals surface area contributed by atoms with E-state index in [9.17, 15) is 9.59 Å². The molecular weight excluding hydrogens is 456 g/mol. The van der Waals surface area contributed by atoms with Gasteiger partial charge in [-0.3, -0.25) is 19.8 Å². The largest absolute Gasteiger partial charge is 0.450 e. The predicted molar refractivity (Wildman–Crippen MR) is 131 cm³/mol. The fourth-order valence-electron chi connectivity index (χ4n) is 3.61. The van der Waals surface area contributed by atoms with Crippen LogP contribution >= 0.6 is 24.0 Å². The van der Waals surface area contributed by atoms with Gasteiger partial charge in [0.25, 0.3) is 11.8 Å². The van der Waals surface area contributed by atoms with Crippen molar-refractivity contribution < 1.29 is 14.0 Å². The topological polar surface area (TPSA) is 91.2 Å². The lowest BCUT2D eigenvalue weighted by atomic mass is 10.1. The standard InChI is InChI=1S/C24H18N4O3S2/c1-13-7-9-19(14(2)11-13)28-22(30)16(21(29)27-24(28)32)12-15-8-10-20(31-15)33-23-25-17-5-3-4-6-18(17)26-23/h3-12H,1-2H3,(H,25,26)(H,27,29,32)/b16-12+. The Morgan fingerprint density at radius 3 is 2.70 bits per heavy atom. The summed E-state index contributed by atoms with van der Waals surface area (Å²) < 4.78 is 5.83. The molecule has 0 spiro atoms. The smallest absolute Gasteiger partial charge is 0.270 e. The molecule has 3 heterocycles. The molecule has 0 saturated carbocycles. The highest BCUT2D eigenvalue weighted by molar-refractivity contribution is 7.99. The number of thiocarbonyl (C=S) groups is 1. The van der Waals surface area contributed by atoms with Crippen LogP contribution in [0, 0.1) is 13.8 Å². The average Bonchev–Trinajstić information content (AvgIpc) is 3.38. The minimum absolute atomic E-state index is 0.0506. The van der Waals surface area contributed by atoms with E-state index >= 15 is 0 Å². The number of imidazole rings is 1. The molecule has 0 aliphatic carbocycles. The zero-order chi connectivity index (χ0) is 23.1. The van der Waals surface area contributed by atoms with Gasteiger partial charge >= 0.3 is 0 Å². The summed E-state index contributed by atoms with van der Waals surface area (Å²) in [5.41, 5.74) is 4.31. The Kier molecular flexibility index (Phi) is 5.35. The van der Waals surface area contributed by atoms with E-state index in [1.54, 1.807) is 12.1 Å². The van der Waals surface area contributed by atoms with Crippen molar-refractivity contribution in [3.8, 4) is 0 Å². The molecule has 9 heteroatoms. The number of aromatic nitrogens is 2. The third-order valence-electron chi connectivity index (χ3n) is 5.15. The van der Waals surface area contributed by atoms with Gasteiger partial charge in [0.15, 0.2) is 15.4 Å². The number of aromatic amines is 1. The van der Waals surface area contributed by atoms with Gasteiger partial charge in [0, 0.05) is 0 Å². The molecule has 2 aromatic carbocycles. The zero-order valence-electron chi connectivity index (χ0n) is 17.7. The van der Waals surface area contributed by atoms with Crippen LogP contribution in [0.25, 0.3) is 17.1 Å². The fourth-order valence-corrected chi connectivity index (χ4v) is 4.66. The first-order valence-electron chi connectivity index (χ1n) is 10.1. The molecule has 1 aliphatic heterocycles. The van der Waals surface area contributed by atoms with Crippen molar-refractivity contribution in [3.05, 3.63) is 77.1 Å². The molecule has 2 N–H and O–H groups in total. The number of carbonyl (C=O) groups excluding carboxylic acids is 2. The third kappa shape index (κ3) is 4.08. The Morgan fingerprint density at radius 1 is 1.09 bits per heavy atom. The highest BCUT2D eigenvalue weighted by atomic mass is 32.2. The molecule has 0 radical (unpaired) electrons. The number of amides is 2. The van der Waals surface area contributed by atoms with Crippen LogP contribution in [0.15, 0.2) is 74.8 Å². The monoisotopic (exact) mass is 474 g/mol. The Balaban J connectivity index is 1.42. The van der Waals surface area contributed by atoms with Crippen molar-refractivity contribution >= 4 is 63.7 Å². The molecule has 4 aromatic rings. The van der Waals surface area contributed by atoms with Crippen molar-refractivity contribution in [2.24, 2.45) is 0 Å². The van der Waals surface area contributed by atoms with Crippen molar-refractivity contribution in [1.82, 2.24) is 15.3 Å². The lowest BCUT2D eigenvalue weighted by molar-refractivity contribution is -0.122. The van der Waals surface area contributed by atoms with Gasteiger partial charge in [0.2, 0.25) is 0 Å². The Labute approximate surface area is 198 Å². The van der Waals surface area contributed by atoms with Crippen LogP contribution < -0.4 is 10.2 Å². The summed E-state index contributed by atoms with van der Waals surface area (Å²) in [7, 11) is 0. The molecule has 0 bridgehead atoms. The maximum Gasteiger partial charge on any atom is 0.270 e. The number of H-pyrrole nitrogens is 1. The number of benzene rings is 2. The van der Waals surface area contributed by atoms with Crippen LogP contribution in [-0.4, -0.2) is 26.9 Å². The molecule has 33 heavy (non-hydrogen) atoms. The van der Waals surface area contributed by atoms with Gasteiger partial charge in [0.05, 0.1) is 16.7 Å². The van der Waals surface area contributed by atoms with Gasteiger partial charge in [-0.25, -0.2) is 4.98 Å². The summed E-state index contributed by atoms with van der Waals surface area (Å²) in [5, 5.41) is 3.91. The second-order valence-electron chi connectivity index (χ2n) is 7.57. The molecular formula is C24H18N4O3S2. The van der Waals surface area contributed by atoms with Crippen LogP contribution in [0.5, 0.6) is 0 Å². The van der Waals surface area contributed by atoms with E-state index in [0.717, 1.165) is 22.2 Å². The third-order valence-corrected chi connectivity index (χ3v) is 6.24. The highest BCUT2D eigenvalue weighted by Gasteiger charge is 2.35. The minimum atomic E-state index is -0.561. The molecule has 1 aliphatic rings. The number of para-hydroxylation sites is 2. The molecule has 7 nitrogen and oxygen atoms in total. The van der Waals surface area contributed by atoms with Crippen LogP contribution in [-0.2, 0) is 9.59 Å². The van der Waals surface area contributed by atoms with Gasteiger partial charge in [-0.2, -0.15) is 0 Å². The number of rotatable bonds is 4. The Hall–Kier alpha value is -3.69. The van der Waals surface area contributed by atoms with Gasteiger partial charge in [-0.1, -0.05) is 29.8 Å². The zero-order valence-corrected chi connectivity index (χ0v) is 19.3. The van der Waals surface area contributed by atoms with E-state index in [1.807, 2.05) is 56.3 Å². The van der Waals surface area contributed by atoms with E-state index in [2.05, 4.69) is 15.3 Å². The van der Waals surface area contributed by atoms with Gasteiger partial charge < -0.3 is 9.40 Å². The average molecular weight is 475 g/mol. The quantitative estimate of drug-likeness (QED) is 0.252. The fraction of sp³-hybridized carbons (Fsp3) is 0.0833. The second kappa shape index (κ2) is 8.34. The molecule has 5 rings (SSSR count). The first kappa shape index (κ1) is 21.2. The Bertz CT molecular complexity index is 1430. The first-order valence-corrected chi connectivity index (χ1v) is 11.3. The maximum atomic E-state index is 13.2. The van der Waals surface area contributed by atoms with E-state index in [1.165, 1.54) is 22.7 Å². The summed E-state index contributed by atoms with van der Waals surface area (Å²) in [6.07, 6.45) is 1.43. The van der Waals surface area contributed by atoms with Crippen molar-refractivity contribution in [2.45, 2.75) is 24.1 Å². The number of anilines is 1. The van der Waals surface area contributed by atoms with Gasteiger partial charge in [0.1, 0.15) is 11.3 Å². The number of carbonyl (C=O) groups is 2. The second-order valence-corrected chi connectivity index (χ2v) is 8.95. The predicted octanol–water partition coefficient (Wildman–Crippen LogP) is 4.76. The van der Waals surface area contributed by atoms with E-state index in [0.29, 0.717) is 21.7 Å². The molecule has 1 fully saturated rings. The number of nitrogens with one attached hydrogen (secondary N) is 2. The van der Waals surface area contributed by atoms with Crippen LogP contribution in [0.1, 0.15) is 16.9 Å². The number of hydrogen-bond donors (Lipinski definition) is 2. The number of aryl methyl sites for hydroxylation is 2. The lowest BCUT2D eigenvalue weighted by Crippen LogP contribution is -2.54. The Morgan fingerprint density at radius 2 is 1.91 bits per heavy atom. The van der Waals surface area contributed by atoms with E-state index in [-0.39, 0.29) is 10.7 Å². The molecule has 0 unspecified atom stereocenters. The summed E-state index contributed by atoms with van der Waals surface area (Å²) >= 11 is 6.61. The molecule has 2 amide bonds. The highest BCUT2D eigenvalue weighted by Crippen LogP contribution is 2.30. The van der Waals surface area contributed by atoms with Crippen LogP contribution in [0.2, 0.25) is 0 Å². The van der Waals surface area contributed by atoms with Crippen molar-refractivity contribution in [2.75, 3.05) is 4.90 Å². The normalized spacial score (nSPS) is 15.5. The maximum absolute atomic E-state index is 13.2. The summed E-state index contributed by atoms with van der Waals surface area (Å²) in [5.74, 6) is -0.687. The van der Waals surface area contributed by atoms with Crippen molar-refractivity contribution in [1.29, 1.82) is 0 Å². The summed E-state index contributed by atoms with van der Waals surface area (Å²) in [6, 6.07) is 16.9. The van der Waals surface area contributed by atoms with E-state index in [4.69, 9.17) is 16.6 Å². The molecule has 164 valence electrons. The lowest BCUT2D eigenvalue weighted by Gasteiger charge is -2.30. The summed E-state index contributed by atoms with van der Waals surface area (Å²) in [4.78, 5) is 34.9. The number of nitrogens with zero attached hydrogens (tertiary/aromatic N) is 2. The number of fused-ring (bicyclic) bond motifs is 1. The SMILES string of the molecule is Cc1ccc(N2C(=O)/C(=C/c3ccc(Sc4nc5ccccc5[nH]4)o3)C(=O)NC2=S)c(C)c1. The number of hydrogen-bond acceptors (Lipinski definition) is 6. The first-order chi connectivity index (χ1) is 15.9. The van der Waals surface area contributed by atoms with Gasteiger partial charge in [-0.15, -0.1) is 0 Å². The molecule has 1 saturated heterocycles. The van der Waals surface area contributed by atoms with Crippen LogP contribution in [0.3, 0.4) is 0 Å². The van der Waals surface area contributed by atoms with Crippen LogP contribution in [0.4, 0.5) is 5.69 Å². The molecule has 2 aromatic heterocycles.